The fourth-order valence-corrected chi connectivity index (χ4v) is 1.75. The van der Waals surface area contributed by atoms with E-state index in [1.54, 1.807) is 4.90 Å². The molecule has 76 valence electrons. The van der Waals surface area contributed by atoms with Crippen LogP contribution in [-0.2, 0) is 4.79 Å². The maximum atomic E-state index is 11.5. The van der Waals surface area contributed by atoms with Gasteiger partial charge in [0.2, 0.25) is 5.91 Å². The first-order chi connectivity index (χ1) is 6.29. The van der Waals surface area contributed by atoms with Crippen LogP contribution in [0.15, 0.2) is 0 Å². The second kappa shape index (κ2) is 5.19. The van der Waals surface area contributed by atoms with Gasteiger partial charge in [0.15, 0.2) is 0 Å². The van der Waals surface area contributed by atoms with Crippen molar-refractivity contribution >= 4 is 5.91 Å². The molecule has 0 aromatic carbocycles. The number of likely N-dealkylation sites (tertiary alicyclic amines) is 1. The summed E-state index contributed by atoms with van der Waals surface area (Å²) in [5.41, 5.74) is 5.32. The van der Waals surface area contributed by atoms with Crippen LogP contribution in [0.25, 0.3) is 0 Å². The van der Waals surface area contributed by atoms with Crippen molar-refractivity contribution < 1.29 is 9.90 Å². The van der Waals surface area contributed by atoms with Crippen molar-refractivity contribution in [3.8, 4) is 0 Å². The van der Waals surface area contributed by atoms with Gasteiger partial charge in [-0.2, -0.15) is 0 Å². The summed E-state index contributed by atoms with van der Waals surface area (Å²) in [7, 11) is 0. The number of carbonyl (C=O) groups excluding carboxylic acids is 1. The first-order valence-electron chi connectivity index (χ1n) is 4.90. The van der Waals surface area contributed by atoms with Crippen LogP contribution in [0.3, 0.4) is 0 Å². The summed E-state index contributed by atoms with van der Waals surface area (Å²) in [5.74, 6) is 0.141. The predicted octanol–water partition coefficient (Wildman–Crippen LogP) is -0.291. The Hall–Kier alpha value is -0.610. The quantitative estimate of drug-likeness (QED) is 0.634. The molecule has 3 N–H and O–H groups in total. The van der Waals surface area contributed by atoms with Gasteiger partial charge in [0.05, 0.1) is 12.6 Å². The third-order valence-electron chi connectivity index (χ3n) is 2.50. The van der Waals surface area contributed by atoms with Crippen molar-refractivity contribution in [2.24, 2.45) is 5.73 Å². The van der Waals surface area contributed by atoms with E-state index in [1.165, 1.54) is 0 Å². The molecule has 4 nitrogen and oxygen atoms in total. The molecule has 0 aromatic heterocycles. The van der Waals surface area contributed by atoms with Crippen molar-refractivity contribution in [2.75, 3.05) is 19.7 Å². The van der Waals surface area contributed by atoms with E-state index in [9.17, 15) is 4.79 Å². The van der Waals surface area contributed by atoms with Gasteiger partial charge in [-0.1, -0.05) is 0 Å². The number of rotatable bonds is 4. The van der Waals surface area contributed by atoms with Crippen molar-refractivity contribution in [1.82, 2.24) is 4.90 Å². The lowest BCUT2D eigenvalue weighted by atomic mass is 10.2. The minimum absolute atomic E-state index is 0.0604. The Bertz CT molecular complexity index is 173. The van der Waals surface area contributed by atoms with Gasteiger partial charge < -0.3 is 15.7 Å². The average molecular weight is 186 g/mol. The minimum Gasteiger partial charge on any atom is -0.394 e. The number of aliphatic hydroxyl groups excluding tert-OH is 1. The smallest absolute Gasteiger partial charge is 0.222 e. The highest BCUT2D eigenvalue weighted by Crippen LogP contribution is 2.17. The zero-order valence-electron chi connectivity index (χ0n) is 7.91. The molecule has 1 aliphatic rings. The lowest BCUT2D eigenvalue weighted by Gasteiger charge is -2.22. The summed E-state index contributed by atoms with van der Waals surface area (Å²) < 4.78 is 0. The summed E-state index contributed by atoms with van der Waals surface area (Å²) in [6.07, 6.45) is 3.21. The van der Waals surface area contributed by atoms with Crippen LogP contribution >= 0.6 is 0 Å². The molecule has 1 amide bonds. The highest BCUT2D eigenvalue weighted by molar-refractivity contribution is 5.76. The van der Waals surface area contributed by atoms with Crippen LogP contribution in [-0.4, -0.2) is 41.7 Å². The van der Waals surface area contributed by atoms with E-state index >= 15 is 0 Å². The Labute approximate surface area is 78.7 Å². The fourth-order valence-electron chi connectivity index (χ4n) is 1.75. The predicted molar refractivity (Wildman–Crippen MR) is 50.1 cm³/mol. The van der Waals surface area contributed by atoms with Crippen LogP contribution in [0.1, 0.15) is 25.7 Å². The molecular weight excluding hydrogens is 168 g/mol. The topological polar surface area (TPSA) is 66.6 Å². The molecule has 1 atom stereocenters. The Morgan fingerprint density at radius 3 is 3.00 bits per heavy atom. The third kappa shape index (κ3) is 2.67. The standard InChI is InChI=1S/C9H18N2O2/c10-5-1-4-9(13)11-6-2-3-8(11)7-12/h8,12H,1-7,10H2. The monoisotopic (exact) mass is 186 g/mol. The van der Waals surface area contributed by atoms with Gasteiger partial charge in [0, 0.05) is 13.0 Å². The van der Waals surface area contributed by atoms with Crippen LogP contribution in [0.5, 0.6) is 0 Å². The maximum Gasteiger partial charge on any atom is 0.222 e. The van der Waals surface area contributed by atoms with Crippen LogP contribution in [0.4, 0.5) is 0 Å². The van der Waals surface area contributed by atoms with E-state index in [0.717, 1.165) is 25.8 Å². The Balaban J connectivity index is 2.36. The Morgan fingerprint density at radius 2 is 2.38 bits per heavy atom. The van der Waals surface area contributed by atoms with E-state index in [-0.39, 0.29) is 18.6 Å². The first-order valence-corrected chi connectivity index (χ1v) is 4.90. The Kier molecular flexibility index (Phi) is 4.18. The molecule has 1 fully saturated rings. The normalized spacial score (nSPS) is 22.3. The lowest BCUT2D eigenvalue weighted by Crippen LogP contribution is -2.37. The molecule has 0 saturated carbocycles. The second-order valence-corrected chi connectivity index (χ2v) is 3.46. The first kappa shape index (κ1) is 10.5. The van der Waals surface area contributed by atoms with Gasteiger partial charge in [0.1, 0.15) is 0 Å². The van der Waals surface area contributed by atoms with E-state index in [1.807, 2.05) is 0 Å². The number of amides is 1. The van der Waals surface area contributed by atoms with E-state index in [0.29, 0.717) is 13.0 Å². The molecule has 0 radical (unpaired) electrons. The highest BCUT2D eigenvalue weighted by Gasteiger charge is 2.27. The largest absolute Gasteiger partial charge is 0.394 e. The molecule has 1 heterocycles. The van der Waals surface area contributed by atoms with Gasteiger partial charge in [0.25, 0.3) is 0 Å². The van der Waals surface area contributed by atoms with Gasteiger partial charge in [-0.3, -0.25) is 4.79 Å². The summed E-state index contributed by atoms with van der Waals surface area (Å²) in [4.78, 5) is 13.3. The molecule has 4 heteroatoms. The van der Waals surface area contributed by atoms with Crippen LogP contribution in [0, 0.1) is 0 Å². The molecule has 13 heavy (non-hydrogen) atoms. The van der Waals surface area contributed by atoms with Crippen LogP contribution < -0.4 is 5.73 Å². The SMILES string of the molecule is NCCCC(=O)N1CCCC1CO. The number of hydrogen-bond donors (Lipinski definition) is 2. The summed E-state index contributed by atoms with van der Waals surface area (Å²) in [5, 5.41) is 8.99. The number of hydrogen-bond acceptors (Lipinski definition) is 3. The number of nitrogens with two attached hydrogens (primary N) is 1. The molecule has 0 aromatic rings. The van der Waals surface area contributed by atoms with Crippen molar-refractivity contribution in [3.05, 3.63) is 0 Å². The molecule has 0 spiro atoms. The molecule has 0 aliphatic carbocycles. The van der Waals surface area contributed by atoms with Crippen molar-refractivity contribution in [2.45, 2.75) is 31.7 Å². The molecule has 1 rings (SSSR count). The molecule has 1 saturated heterocycles. The zero-order chi connectivity index (χ0) is 9.68. The van der Waals surface area contributed by atoms with E-state index < -0.39 is 0 Å². The molecule has 1 unspecified atom stereocenters. The lowest BCUT2D eigenvalue weighted by molar-refractivity contribution is -0.132. The van der Waals surface area contributed by atoms with Crippen molar-refractivity contribution in [1.29, 1.82) is 0 Å². The third-order valence-corrected chi connectivity index (χ3v) is 2.50. The molecular formula is C9H18N2O2. The van der Waals surface area contributed by atoms with Gasteiger partial charge in [-0.05, 0) is 25.8 Å². The average Bonchev–Trinajstić information content (AvgIpc) is 2.61. The van der Waals surface area contributed by atoms with E-state index in [4.69, 9.17) is 10.8 Å². The highest BCUT2D eigenvalue weighted by atomic mass is 16.3. The maximum absolute atomic E-state index is 11.5. The second-order valence-electron chi connectivity index (χ2n) is 3.46. The van der Waals surface area contributed by atoms with Gasteiger partial charge in [-0.15, -0.1) is 0 Å². The van der Waals surface area contributed by atoms with E-state index in [2.05, 4.69) is 0 Å². The fraction of sp³-hybridized carbons (Fsp3) is 0.889. The summed E-state index contributed by atoms with van der Waals surface area (Å²) >= 11 is 0. The molecule has 1 aliphatic heterocycles. The van der Waals surface area contributed by atoms with Crippen LogP contribution in [0.2, 0.25) is 0 Å². The van der Waals surface area contributed by atoms with Gasteiger partial charge >= 0.3 is 0 Å². The molecule has 0 bridgehead atoms. The minimum atomic E-state index is 0.0604. The zero-order valence-corrected chi connectivity index (χ0v) is 7.91. The summed E-state index contributed by atoms with van der Waals surface area (Å²) in [6.45, 7) is 1.45. The summed E-state index contributed by atoms with van der Waals surface area (Å²) in [6, 6.07) is 0.0604. The van der Waals surface area contributed by atoms with Gasteiger partial charge in [-0.25, -0.2) is 0 Å². The number of nitrogens with zero attached hydrogens (tertiary/aromatic N) is 1. The number of aliphatic hydroxyl groups is 1. The Morgan fingerprint density at radius 1 is 1.62 bits per heavy atom. The number of carbonyl (C=O) groups is 1. The van der Waals surface area contributed by atoms with Crippen molar-refractivity contribution in [3.63, 3.8) is 0 Å².